The molecule has 116 valence electrons. The number of hydrogen-bond acceptors (Lipinski definition) is 5. The van der Waals surface area contributed by atoms with E-state index >= 15 is 0 Å². The second-order valence-corrected chi connectivity index (χ2v) is 6.67. The largest absolute Gasteiger partial charge is 0.493 e. The molecule has 0 amide bonds. The zero-order valence-corrected chi connectivity index (χ0v) is 12.4. The van der Waals surface area contributed by atoms with Gasteiger partial charge in [-0.1, -0.05) is 0 Å². The van der Waals surface area contributed by atoms with Crippen LogP contribution in [0, 0.1) is 0 Å². The summed E-state index contributed by atoms with van der Waals surface area (Å²) in [4.78, 5) is 21.1. The van der Waals surface area contributed by atoms with E-state index in [-0.39, 0.29) is 29.2 Å². The fraction of sp³-hybridized carbons (Fsp3) is 0.333. The van der Waals surface area contributed by atoms with Crippen LogP contribution in [0.3, 0.4) is 0 Å². The number of hydrogen-bond donors (Lipinski definition) is 2. The fourth-order valence-corrected chi connectivity index (χ4v) is 2.29. The van der Waals surface area contributed by atoms with Crippen molar-refractivity contribution >= 4 is 31.7 Å². The minimum absolute atomic E-state index is 0.00141. The van der Waals surface area contributed by atoms with Crippen LogP contribution < -0.4 is 4.74 Å². The van der Waals surface area contributed by atoms with E-state index in [0.717, 1.165) is 12.1 Å². The number of ether oxygens (including phenoxy) is 1. The van der Waals surface area contributed by atoms with Crippen LogP contribution in [-0.2, 0) is 13.8 Å². The number of aliphatic carboxylic acids is 1. The molecular formula is C12H13ClO7S. The standard InChI is InChI=1S/C12H13ClO7S/c13-21(18,19)8-4-5-10(9(7-8)12(16)17)20-6-2-1-3-11(14)15/h4-5,7H,1-3,6H2,(H,14,15)(H,16,17). The number of carboxylic acids is 2. The van der Waals surface area contributed by atoms with Crippen LogP contribution in [-0.4, -0.2) is 37.2 Å². The van der Waals surface area contributed by atoms with Crippen LogP contribution in [0.2, 0.25) is 0 Å². The van der Waals surface area contributed by atoms with E-state index in [2.05, 4.69) is 0 Å². The first kappa shape index (κ1) is 17.3. The molecule has 0 aliphatic rings. The maximum absolute atomic E-state index is 11.2. The molecule has 0 spiro atoms. The zero-order chi connectivity index (χ0) is 16.0. The first-order valence-electron chi connectivity index (χ1n) is 5.88. The van der Waals surface area contributed by atoms with Gasteiger partial charge in [-0.3, -0.25) is 4.79 Å². The third-order valence-corrected chi connectivity index (χ3v) is 3.86. The molecule has 0 bridgehead atoms. The van der Waals surface area contributed by atoms with Crippen molar-refractivity contribution in [3.8, 4) is 5.75 Å². The van der Waals surface area contributed by atoms with Gasteiger partial charge < -0.3 is 14.9 Å². The van der Waals surface area contributed by atoms with Crippen LogP contribution in [0.4, 0.5) is 0 Å². The smallest absolute Gasteiger partial charge is 0.339 e. The number of carbonyl (C=O) groups is 2. The van der Waals surface area contributed by atoms with Crippen LogP contribution in [0.5, 0.6) is 5.75 Å². The summed E-state index contributed by atoms with van der Waals surface area (Å²) >= 11 is 0. The van der Waals surface area contributed by atoms with E-state index in [9.17, 15) is 18.0 Å². The molecule has 0 unspecified atom stereocenters. The predicted octanol–water partition coefficient (Wildman–Crippen LogP) is 1.95. The van der Waals surface area contributed by atoms with Gasteiger partial charge in [-0.25, -0.2) is 13.2 Å². The Bertz CT molecular complexity index is 639. The molecule has 7 nitrogen and oxygen atoms in total. The summed E-state index contributed by atoms with van der Waals surface area (Å²) in [6.45, 7) is 0.126. The first-order chi connectivity index (χ1) is 9.71. The van der Waals surface area contributed by atoms with Crippen molar-refractivity contribution < 1.29 is 33.0 Å². The highest BCUT2D eigenvalue weighted by atomic mass is 35.7. The average molecular weight is 337 g/mol. The van der Waals surface area contributed by atoms with Gasteiger partial charge in [-0.2, -0.15) is 0 Å². The summed E-state index contributed by atoms with van der Waals surface area (Å²) in [5.74, 6) is -2.27. The molecule has 0 saturated heterocycles. The van der Waals surface area contributed by atoms with Gasteiger partial charge in [0, 0.05) is 17.1 Å². The number of benzene rings is 1. The molecule has 1 aromatic rings. The van der Waals surface area contributed by atoms with Gasteiger partial charge in [0.25, 0.3) is 9.05 Å². The number of unbranched alkanes of at least 4 members (excludes halogenated alkanes) is 1. The van der Waals surface area contributed by atoms with Gasteiger partial charge in [-0.15, -0.1) is 0 Å². The normalized spacial score (nSPS) is 11.1. The van der Waals surface area contributed by atoms with Crippen molar-refractivity contribution in [2.45, 2.75) is 24.2 Å². The summed E-state index contributed by atoms with van der Waals surface area (Å²) in [6, 6.07) is 3.26. The zero-order valence-electron chi connectivity index (χ0n) is 10.8. The second-order valence-electron chi connectivity index (χ2n) is 4.10. The molecule has 0 aliphatic heterocycles. The number of rotatable bonds is 8. The summed E-state index contributed by atoms with van der Waals surface area (Å²) in [6.07, 6.45) is 0.825. The molecule has 0 aromatic heterocycles. The van der Waals surface area contributed by atoms with Crippen molar-refractivity contribution in [1.29, 1.82) is 0 Å². The van der Waals surface area contributed by atoms with Crippen LogP contribution >= 0.6 is 10.7 Å². The highest BCUT2D eigenvalue weighted by molar-refractivity contribution is 8.13. The number of carboxylic acid groups (broad SMARTS) is 2. The van der Waals surface area contributed by atoms with Gasteiger partial charge in [-0.05, 0) is 31.0 Å². The number of halogens is 1. The molecule has 0 saturated carbocycles. The predicted molar refractivity (Wildman–Crippen MR) is 73.4 cm³/mol. The Balaban J connectivity index is 2.78. The maximum Gasteiger partial charge on any atom is 0.339 e. The molecule has 2 N–H and O–H groups in total. The van der Waals surface area contributed by atoms with Crippen LogP contribution in [0.15, 0.2) is 23.1 Å². The molecule has 1 aromatic carbocycles. The molecule has 9 heteroatoms. The van der Waals surface area contributed by atoms with Crippen molar-refractivity contribution in [3.63, 3.8) is 0 Å². The quantitative estimate of drug-likeness (QED) is 0.550. The molecule has 0 atom stereocenters. The van der Waals surface area contributed by atoms with E-state index in [4.69, 9.17) is 25.6 Å². The van der Waals surface area contributed by atoms with E-state index in [1.807, 2.05) is 0 Å². The molecule has 0 radical (unpaired) electrons. The topological polar surface area (TPSA) is 118 Å². The van der Waals surface area contributed by atoms with E-state index in [1.54, 1.807) is 0 Å². The minimum Gasteiger partial charge on any atom is -0.493 e. The maximum atomic E-state index is 11.2. The SMILES string of the molecule is O=C(O)CCCCOc1ccc(S(=O)(=O)Cl)cc1C(=O)O. The first-order valence-corrected chi connectivity index (χ1v) is 8.19. The minimum atomic E-state index is -4.03. The average Bonchev–Trinajstić information content (AvgIpc) is 2.36. The Morgan fingerprint density at radius 1 is 1.19 bits per heavy atom. The Labute approximate surface area is 125 Å². The summed E-state index contributed by atoms with van der Waals surface area (Å²) in [5.41, 5.74) is -0.324. The molecular weight excluding hydrogens is 324 g/mol. The van der Waals surface area contributed by atoms with Gasteiger partial charge in [0.05, 0.1) is 11.5 Å². The lowest BCUT2D eigenvalue weighted by Crippen LogP contribution is -2.06. The lowest BCUT2D eigenvalue weighted by molar-refractivity contribution is -0.137. The van der Waals surface area contributed by atoms with Crippen molar-refractivity contribution in [1.82, 2.24) is 0 Å². The van der Waals surface area contributed by atoms with E-state index in [0.29, 0.717) is 12.8 Å². The van der Waals surface area contributed by atoms with Crippen LogP contribution in [0.1, 0.15) is 29.6 Å². The Hall–Kier alpha value is -1.80. The Morgan fingerprint density at radius 2 is 1.86 bits per heavy atom. The van der Waals surface area contributed by atoms with Gasteiger partial charge in [0.2, 0.25) is 0 Å². The third kappa shape index (κ3) is 5.60. The monoisotopic (exact) mass is 336 g/mol. The molecule has 0 heterocycles. The molecule has 0 aliphatic carbocycles. The Morgan fingerprint density at radius 3 is 2.38 bits per heavy atom. The van der Waals surface area contributed by atoms with Crippen molar-refractivity contribution in [3.05, 3.63) is 23.8 Å². The molecule has 1 rings (SSSR count). The van der Waals surface area contributed by atoms with Crippen LogP contribution in [0.25, 0.3) is 0 Å². The summed E-state index contributed by atoms with van der Waals surface area (Å²) in [7, 11) is 1.12. The van der Waals surface area contributed by atoms with E-state index in [1.165, 1.54) is 6.07 Å². The fourth-order valence-electron chi connectivity index (χ4n) is 1.51. The second kappa shape index (κ2) is 7.28. The summed E-state index contributed by atoms with van der Waals surface area (Å²) in [5, 5.41) is 17.5. The lowest BCUT2D eigenvalue weighted by Gasteiger charge is -2.09. The highest BCUT2D eigenvalue weighted by Crippen LogP contribution is 2.25. The Kier molecular flexibility index (Phi) is 5.98. The third-order valence-electron chi connectivity index (χ3n) is 2.51. The van der Waals surface area contributed by atoms with Gasteiger partial charge in [0.1, 0.15) is 11.3 Å². The van der Waals surface area contributed by atoms with Crippen molar-refractivity contribution in [2.75, 3.05) is 6.61 Å². The van der Waals surface area contributed by atoms with Gasteiger partial charge >= 0.3 is 11.9 Å². The summed E-state index contributed by atoms with van der Waals surface area (Å²) < 4.78 is 27.6. The molecule has 0 fully saturated rings. The number of aromatic carboxylic acids is 1. The molecule has 21 heavy (non-hydrogen) atoms. The highest BCUT2D eigenvalue weighted by Gasteiger charge is 2.17. The van der Waals surface area contributed by atoms with Gasteiger partial charge in [0.15, 0.2) is 0 Å². The van der Waals surface area contributed by atoms with E-state index < -0.39 is 21.0 Å². The van der Waals surface area contributed by atoms with Crippen molar-refractivity contribution in [2.24, 2.45) is 0 Å². The lowest BCUT2D eigenvalue weighted by atomic mass is 10.2.